The number of benzene rings is 2. The highest BCUT2D eigenvalue weighted by Gasteiger charge is 2.23. The molecule has 0 bridgehead atoms. The fraction of sp³-hybridized carbons (Fsp3) is 0.111. The Kier molecular flexibility index (Phi) is 5.43. The van der Waals surface area contributed by atoms with E-state index in [9.17, 15) is 14.4 Å². The molecule has 0 aliphatic carbocycles. The van der Waals surface area contributed by atoms with Crippen LogP contribution in [0.25, 0.3) is 10.8 Å². The minimum atomic E-state index is -1.14. The van der Waals surface area contributed by atoms with Crippen molar-refractivity contribution >= 4 is 51.5 Å². The van der Waals surface area contributed by atoms with Crippen LogP contribution >= 0.6 is 23.2 Å². The normalized spacial score (nSPS) is 11.8. The van der Waals surface area contributed by atoms with Gasteiger partial charge in [0.05, 0.1) is 21.1 Å². The van der Waals surface area contributed by atoms with Crippen LogP contribution in [0.15, 0.2) is 47.3 Å². The number of hydrogen-bond acceptors (Lipinski definition) is 5. The SMILES string of the molecule is CC(OC(=O)c1n[nH]c(=O)c2ccccc12)C(=O)Nc1cccc(Cl)c1Cl. The van der Waals surface area contributed by atoms with Gasteiger partial charge in [-0.15, -0.1) is 0 Å². The lowest BCUT2D eigenvalue weighted by Crippen LogP contribution is -2.30. The predicted octanol–water partition coefficient (Wildman–Crippen LogP) is 3.41. The maximum Gasteiger partial charge on any atom is 0.360 e. The smallest absolute Gasteiger partial charge is 0.360 e. The average molecular weight is 406 g/mol. The molecule has 0 aliphatic heterocycles. The predicted molar refractivity (Wildman–Crippen MR) is 102 cm³/mol. The van der Waals surface area contributed by atoms with Gasteiger partial charge >= 0.3 is 5.97 Å². The fourth-order valence-corrected chi connectivity index (χ4v) is 2.72. The van der Waals surface area contributed by atoms with Gasteiger partial charge in [-0.1, -0.05) is 47.5 Å². The van der Waals surface area contributed by atoms with Gasteiger partial charge in [0, 0.05) is 5.39 Å². The number of aromatic nitrogens is 2. The van der Waals surface area contributed by atoms with Crippen molar-refractivity contribution < 1.29 is 14.3 Å². The second-order valence-corrected chi connectivity index (χ2v) is 6.37. The number of nitrogens with one attached hydrogen (secondary N) is 2. The van der Waals surface area contributed by atoms with Crippen molar-refractivity contribution in [3.05, 3.63) is 68.6 Å². The third-order valence-corrected chi connectivity index (χ3v) is 4.57. The van der Waals surface area contributed by atoms with Gasteiger partial charge in [-0.3, -0.25) is 9.59 Å². The first-order chi connectivity index (χ1) is 12.9. The molecule has 0 aliphatic rings. The molecule has 1 heterocycles. The Morgan fingerprint density at radius 1 is 1.11 bits per heavy atom. The summed E-state index contributed by atoms with van der Waals surface area (Å²) in [5, 5.41) is 9.61. The van der Waals surface area contributed by atoms with Crippen molar-refractivity contribution in [1.29, 1.82) is 0 Å². The first-order valence-corrected chi connectivity index (χ1v) is 8.57. The van der Waals surface area contributed by atoms with Crippen molar-refractivity contribution in [2.45, 2.75) is 13.0 Å². The van der Waals surface area contributed by atoms with Crippen LogP contribution < -0.4 is 10.9 Å². The fourth-order valence-electron chi connectivity index (χ4n) is 2.37. The number of H-pyrrole nitrogens is 1. The van der Waals surface area contributed by atoms with Crippen LogP contribution in [0, 0.1) is 0 Å². The van der Waals surface area contributed by atoms with E-state index in [0.717, 1.165) is 0 Å². The van der Waals surface area contributed by atoms with Crippen molar-refractivity contribution in [1.82, 2.24) is 10.2 Å². The molecule has 3 rings (SSSR count). The Labute approximate surface area is 163 Å². The molecule has 1 amide bonds. The molecular weight excluding hydrogens is 393 g/mol. The van der Waals surface area contributed by atoms with Gasteiger partial charge in [0.1, 0.15) is 0 Å². The summed E-state index contributed by atoms with van der Waals surface area (Å²) in [6.45, 7) is 1.40. The molecule has 2 aromatic carbocycles. The van der Waals surface area contributed by atoms with Crippen LogP contribution in [0.3, 0.4) is 0 Å². The van der Waals surface area contributed by atoms with Crippen molar-refractivity contribution in [2.24, 2.45) is 0 Å². The van der Waals surface area contributed by atoms with Gasteiger partial charge < -0.3 is 10.1 Å². The van der Waals surface area contributed by atoms with Crippen LogP contribution in [0.1, 0.15) is 17.4 Å². The Balaban J connectivity index is 1.78. The maximum absolute atomic E-state index is 12.4. The zero-order valence-electron chi connectivity index (χ0n) is 14.0. The highest BCUT2D eigenvalue weighted by atomic mass is 35.5. The Morgan fingerprint density at radius 2 is 1.81 bits per heavy atom. The number of aromatic amines is 1. The number of nitrogens with zero attached hydrogens (tertiary/aromatic N) is 1. The summed E-state index contributed by atoms with van der Waals surface area (Å²) in [5.41, 5.74) is -0.223. The Bertz CT molecular complexity index is 1100. The molecule has 0 saturated heterocycles. The second kappa shape index (κ2) is 7.77. The number of carbonyl (C=O) groups is 2. The summed E-state index contributed by atoms with van der Waals surface area (Å²) in [7, 11) is 0. The number of anilines is 1. The molecule has 3 aromatic rings. The highest BCUT2D eigenvalue weighted by molar-refractivity contribution is 6.44. The molecule has 138 valence electrons. The van der Waals surface area contributed by atoms with E-state index in [-0.39, 0.29) is 15.7 Å². The van der Waals surface area contributed by atoms with Crippen molar-refractivity contribution in [3.63, 3.8) is 0 Å². The Morgan fingerprint density at radius 3 is 2.56 bits per heavy atom. The highest BCUT2D eigenvalue weighted by Crippen LogP contribution is 2.29. The van der Waals surface area contributed by atoms with Gasteiger partial charge in [-0.25, -0.2) is 9.89 Å². The van der Waals surface area contributed by atoms with Crippen molar-refractivity contribution in [3.8, 4) is 0 Å². The molecule has 1 aromatic heterocycles. The topological polar surface area (TPSA) is 101 Å². The van der Waals surface area contributed by atoms with E-state index in [1.54, 1.807) is 42.5 Å². The van der Waals surface area contributed by atoms with E-state index < -0.39 is 23.5 Å². The first kappa shape index (κ1) is 18.9. The lowest BCUT2D eigenvalue weighted by Gasteiger charge is -2.14. The number of rotatable bonds is 4. The summed E-state index contributed by atoms with van der Waals surface area (Å²) in [4.78, 5) is 36.5. The van der Waals surface area contributed by atoms with E-state index in [0.29, 0.717) is 16.5 Å². The molecule has 1 atom stereocenters. The van der Waals surface area contributed by atoms with E-state index >= 15 is 0 Å². The molecule has 0 saturated carbocycles. The van der Waals surface area contributed by atoms with E-state index in [1.807, 2.05) is 0 Å². The lowest BCUT2D eigenvalue weighted by atomic mass is 10.1. The van der Waals surface area contributed by atoms with E-state index in [4.69, 9.17) is 27.9 Å². The van der Waals surface area contributed by atoms with Crippen LogP contribution in [-0.2, 0) is 9.53 Å². The molecule has 7 nitrogen and oxygen atoms in total. The van der Waals surface area contributed by atoms with Crippen LogP contribution in [0.5, 0.6) is 0 Å². The van der Waals surface area contributed by atoms with Gasteiger partial charge in [-0.05, 0) is 25.1 Å². The number of halogens is 2. The second-order valence-electron chi connectivity index (χ2n) is 5.59. The number of hydrogen-bond donors (Lipinski definition) is 2. The Hall–Kier alpha value is -2.90. The summed E-state index contributed by atoms with van der Waals surface area (Å²) in [6, 6.07) is 11.2. The largest absolute Gasteiger partial charge is 0.448 e. The number of carbonyl (C=O) groups excluding carboxylic acids is 2. The molecule has 0 radical (unpaired) electrons. The van der Waals surface area contributed by atoms with Crippen LogP contribution in [0.4, 0.5) is 5.69 Å². The minimum absolute atomic E-state index is 0.0920. The molecular formula is C18H13Cl2N3O4. The molecule has 27 heavy (non-hydrogen) atoms. The minimum Gasteiger partial charge on any atom is -0.448 e. The van der Waals surface area contributed by atoms with Gasteiger partial charge in [0.2, 0.25) is 0 Å². The molecule has 0 spiro atoms. The lowest BCUT2D eigenvalue weighted by molar-refractivity contribution is -0.123. The number of esters is 1. The van der Waals surface area contributed by atoms with E-state index in [2.05, 4.69) is 15.5 Å². The van der Waals surface area contributed by atoms with Crippen LogP contribution in [-0.4, -0.2) is 28.2 Å². The average Bonchev–Trinajstić information content (AvgIpc) is 2.65. The summed E-state index contributed by atoms with van der Waals surface area (Å²) in [5.74, 6) is -1.44. The number of ether oxygens (including phenoxy) is 1. The standard InChI is InChI=1S/C18H13Cl2N3O4/c1-9(16(24)21-13-8-4-7-12(19)14(13)20)27-18(26)15-10-5-2-3-6-11(10)17(25)23-22-15/h2-9H,1H3,(H,21,24)(H,23,25). The maximum atomic E-state index is 12.4. The molecule has 2 N–H and O–H groups in total. The van der Waals surface area contributed by atoms with Crippen molar-refractivity contribution in [2.75, 3.05) is 5.32 Å². The molecule has 0 fully saturated rings. The monoisotopic (exact) mass is 405 g/mol. The molecule has 1 unspecified atom stereocenters. The number of fused-ring (bicyclic) bond motifs is 1. The summed E-state index contributed by atoms with van der Waals surface area (Å²) < 4.78 is 5.18. The number of amides is 1. The van der Waals surface area contributed by atoms with Gasteiger partial charge in [-0.2, -0.15) is 5.10 Å². The van der Waals surface area contributed by atoms with Gasteiger partial charge in [0.15, 0.2) is 11.8 Å². The summed E-state index contributed by atoms with van der Waals surface area (Å²) in [6.07, 6.45) is -1.14. The van der Waals surface area contributed by atoms with Gasteiger partial charge in [0.25, 0.3) is 11.5 Å². The van der Waals surface area contributed by atoms with Crippen LogP contribution in [0.2, 0.25) is 10.0 Å². The third kappa shape index (κ3) is 3.94. The van der Waals surface area contributed by atoms with E-state index in [1.165, 1.54) is 6.92 Å². The summed E-state index contributed by atoms with van der Waals surface area (Å²) >= 11 is 11.9. The quantitative estimate of drug-likeness (QED) is 0.647. The third-order valence-electron chi connectivity index (χ3n) is 3.75. The first-order valence-electron chi connectivity index (χ1n) is 7.81. The zero-order valence-corrected chi connectivity index (χ0v) is 15.5. The zero-order chi connectivity index (χ0) is 19.6. The molecule has 9 heteroatoms.